The van der Waals surface area contributed by atoms with Crippen molar-refractivity contribution in [2.75, 3.05) is 38.2 Å². The van der Waals surface area contributed by atoms with Crippen LogP contribution in [-0.4, -0.2) is 58.8 Å². The zero-order valence-corrected chi connectivity index (χ0v) is 20.3. The number of benzene rings is 1. The Morgan fingerprint density at radius 2 is 1.11 bits per heavy atom. The third-order valence-corrected chi connectivity index (χ3v) is 11.6. The second kappa shape index (κ2) is 9.43. The average Bonchev–Trinajstić information content (AvgIpc) is 2.60. The molecule has 4 N–H and O–H groups in total. The van der Waals surface area contributed by atoms with Gasteiger partial charge in [0.25, 0.3) is 0 Å². The third kappa shape index (κ3) is 4.97. The summed E-state index contributed by atoms with van der Waals surface area (Å²) < 4.78 is 11.0. The standard InChI is InChI=1S/C18H28N2O4S4/c1-7-23-15(21)11-9-14(28(5,6)18(20)26)12(16(22)24-8-2)10-13(11)27(3,4)17(19)25/h9-10H,7-8H2,1-6H3,(H2,19,25)(H2,20,26). The van der Waals surface area contributed by atoms with E-state index in [0.29, 0.717) is 20.9 Å². The number of thiocarbonyl (C=S) groups is 2. The first kappa shape index (κ1) is 24.7. The monoisotopic (exact) mass is 464 g/mol. The van der Waals surface area contributed by atoms with Gasteiger partial charge in [-0.15, -0.1) is 0 Å². The molecule has 1 aromatic carbocycles. The Bertz CT molecular complexity index is 754. The van der Waals surface area contributed by atoms with Crippen molar-refractivity contribution in [3.63, 3.8) is 0 Å². The fourth-order valence-electron chi connectivity index (χ4n) is 2.36. The van der Waals surface area contributed by atoms with Gasteiger partial charge in [0.2, 0.25) is 0 Å². The Morgan fingerprint density at radius 1 is 0.821 bits per heavy atom. The molecule has 0 aliphatic carbocycles. The molecule has 0 saturated carbocycles. The minimum Gasteiger partial charge on any atom is -0.462 e. The third-order valence-electron chi connectivity index (χ3n) is 4.18. The number of carbonyl (C=O) groups excluding carboxylic acids is 2. The molecule has 0 fully saturated rings. The SMILES string of the molecule is CCOC(=O)c1cc(S(C)(C)C(N)=S)c(C(=O)OCC)cc1S(C)(C)C(N)=S. The van der Waals surface area contributed by atoms with Gasteiger partial charge < -0.3 is 20.9 Å². The number of hydrogen-bond donors (Lipinski definition) is 2. The van der Waals surface area contributed by atoms with E-state index in [9.17, 15) is 9.59 Å². The lowest BCUT2D eigenvalue weighted by molar-refractivity contribution is 0.0504. The molecule has 158 valence electrons. The van der Waals surface area contributed by atoms with Gasteiger partial charge in [-0.1, -0.05) is 24.4 Å². The maximum absolute atomic E-state index is 12.7. The van der Waals surface area contributed by atoms with E-state index in [1.807, 2.05) is 25.0 Å². The molecule has 0 aliphatic rings. The summed E-state index contributed by atoms with van der Waals surface area (Å²) in [6.45, 7) is 3.87. The molecule has 1 aromatic rings. The second-order valence-corrected chi connectivity index (χ2v) is 15.0. The number of ether oxygens (including phenoxy) is 2. The summed E-state index contributed by atoms with van der Waals surface area (Å²) in [7, 11) is -3.76. The highest BCUT2D eigenvalue weighted by atomic mass is 32.3. The van der Waals surface area contributed by atoms with Crippen LogP contribution in [0.3, 0.4) is 0 Å². The summed E-state index contributed by atoms with van der Waals surface area (Å²) >= 11 is 10.5. The van der Waals surface area contributed by atoms with Crippen molar-refractivity contribution in [1.29, 1.82) is 0 Å². The molecule has 10 heteroatoms. The Labute approximate surface area is 180 Å². The zero-order valence-electron chi connectivity index (χ0n) is 17.0. The van der Waals surface area contributed by atoms with Crippen molar-refractivity contribution in [3.8, 4) is 0 Å². The van der Waals surface area contributed by atoms with Crippen LogP contribution in [0.1, 0.15) is 34.6 Å². The van der Waals surface area contributed by atoms with Crippen LogP contribution in [0.2, 0.25) is 0 Å². The Kier molecular flexibility index (Phi) is 8.31. The van der Waals surface area contributed by atoms with E-state index in [1.54, 1.807) is 26.0 Å². The number of hydrogen-bond acceptors (Lipinski definition) is 6. The van der Waals surface area contributed by atoms with E-state index in [2.05, 4.69) is 0 Å². The van der Waals surface area contributed by atoms with Crippen molar-refractivity contribution < 1.29 is 19.1 Å². The van der Waals surface area contributed by atoms with Gasteiger partial charge in [0.05, 0.1) is 24.3 Å². The van der Waals surface area contributed by atoms with E-state index < -0.39 is 32.0 Å². The number of esters is 2. The van der Waals surface area contributed by atoms with Crippen molar-refractivity contribution >= 4 is 65.1 Å². The van der Waals surface area contributed by atoms with Gasteiger partial charge in [-0.05, 0) is 51.0 Å². The van der Waals surface area contributed by atoms with Crippen LogP contribution >= 0.6 is 44.5 Å². The van der Waals surface area contributed by atoms with E-state index in [1.165, 1.54) is 0 Å². The minimum absolute atomic E-state index is 0.210. The zero-order chi connectivity index (χ0) is 21.9. The molecule has 6 nitrogen and oxygen atoms in total. The topological polar surface area (TPSA) is 105 Å². The van der Waals surface area contributed by atoms with E-state index in [-0.39, 0.29) is 21.9 Å². The summed E-state index contributed by atoms with van der Waals surface area (Å²) in [6.07, 6.45) is 7.47. The average molecular weight is 465 g/mol. The lowest BCUT2D eigenvalue weighted by Gasteiger charge is -2.36. The first-order chi connectivity index (χ1) is 12.8. The normalized spacial score (nSPS) is 12.8. The molecule has 1 rings (SSSR count). The summed E-state index contributed by atoms with van der Waals surface area (Å²) in [5.74, 6) is -1.02. The molecular weight excluding hydrogens is 436 g/mol. The molecule has 0 saturated heterocycles. The van der Waals surface area contributed by atoms with Gasteiger partial charge in [-0.2, -0.15) is 20.1 Å². The smallest absolute Gasteiger partial charge is 0.339 e. The number of rotatable bonds is 6. The van der Waals surface area contributed by atoms with Crippen LogP contribution in [0.4, 0.5) is 0 Å². The fraction of sp³-hybridized carbons (Fsp3) is 0.444. The molecule has 0 radical (unpaired) electrons. The lowest BCUT2D eigenvalue weighted by Crippen LogP contribution is -2.24. The van der Waals surface area contributed by atoms with Gasteiger partial charge in [0.1, 0.15) is 8.64 Å². The lowest BCUT2D eigenvalue weighted by atomic mass is 10.1. The Balaban J connectivity index is 3.99. The van der Waals surface area contributed by atoms with Crippen molar-refractivity contribution in [2.24, 2.45) is 11.5 Å². The largest absolute Gasteiger partial charge is 0.462 e. The number of nitrogens with two attached hydrogens (primary N) is 2. The van der Waals surface area contributed by atoms with Crippen LogP contribution in [-0.2, 0) is 9.47 Å². The highest BCUT2D eigenvalue weighted by Gasteiger charge is 2.33. The maximum atomic E-state index is 12.7. The molecule has 0 heterocycles. The van der Waals surface area contributed by atoms with Gasteiger partial charge >= 0.3 is 11.9 Å². The highest BCUT2D eigenvalue weighted by Crippen LogP contribution is 2.56. The minimum atomic E-state index is -1.88. The Hall–Kier alpha value is -1.36. The van der Waals surface area contributed by atoms with Gasteiger partial charge in [-0.3, -0.25) is 0 Å². The fourth-order valence-corrected chi connectivity index (χ4v) is 5.54. The van der Waals surface area contributed by atoms with E-state index in [0.717, 1.165) is 0 Å². The molecule has 0 atom stereocenters. The molecule has 0 bridgehead atoms. The van der Waals surface area contributed by atoms with Gasteiger partial charge in [0.15, 0.2) is 0 Å². The predicted molar refractivity (Wildman–Crippen MR) is 127 cm³/mol. The number of carbonyl (C=O) groups is 2. The molecule has 0 amide bonds. The summed E-state index contributed by atoms with van der Waals surface area (Å²) in [6, 6.07) is 3.28. The van der Waals surface area contributed by atoms with Crippen LogP contribution in [0.5, 0.6) is 0 Å². The highest BCUT2D eigenvalue weighted by molar-refractivity contribution is 8.49. The quantitative estimate of drug-likeness (QED) is 0.488. The maximum Gasteiger partial charge on any atom is 0.339 e. The molecule has 0 aromatic heterocycles. The van der Waals surface area contributed by atoms with Crippen molar-refractivity contribution in [2.45, 2.75) is 23.6 Å². The summed E-state index contributed by atoms with van der Waals surface area (Å²) in [5, 5.41) is 0. The van der Waals surface area contributed by atoms with Crippen molar-refractivity contribution in [1.82, 2.24) is 0 Å². The van der Waals surface area contributed by atoms with Crippen LogP contribution in [0.25, 0.3) is 0 Å². The predicted octanol–water partition coefficient (Wildman–Crippen LogP) is 3.37. The first-order valence-corrected chi connectivity index (χ1v) is 14.1. The molecule has 0 aliphatic heterocycles. The van der Waals surface area contributed by atoms with Crippen molar-refractivity contribution in [3.05, 3.63) is 23.3 Å². The van der Waals surface area contributed by atoms with E-state index in [4.69, 9.17) is 45.4 Å². The van der Waals surface area contributed by atoms with Gasteiger partial charge in [0, 0.05) is 9.79 Å². The molecule has 0 unspecified atom stereocenters. The van der Waals surface area contributed by atoms with Gasteiger partial charge in [-0.25, -0.2) is 9.59 Å². The second-order valence-electron chi connectivity index (χ2n) is 6.58. The first-order valence-electron chi connectivity index (χ1n) is 8.40. The molecular formula is C18H28N2O4S4. The van der Waals surface area contributed by atoms with E-state index >= 15 is 0 Å². The summed E-state index contributed by atoms with van der Waals surface area (Å²) in [4.78, 5) is 26.6. The summed E-state index contributed by atoms with van der Waals surface area (Å²) in [5.41, 5.74) is 12.6. The van der Waals surface area contributed by atoms with Crippen LogP contribution in [0, 0.1) is 0 Å². The molecule has 28 heavy (non-hydrogen) atoms. The van der Waals surface area contributed by atoms with Crippen LogP contribution in [0.15, 0.2) is 21.9 Å². The van der Waals surface area contributed by atoms with Crippen LogP contribution < -0.4 is 11.5 Å². The Morgan fingerprint density at radius 3 is 1.32 bits per heavy atom. The molecule has 0 spiro atoms.